The molecule has 66 valence electrons. The Morgan fingerprint density at radius 3 is 2.18 bits per heavy atom. The van der Waals surface area contributed by atoms with E-state index in [1.165, 1.54) is 25.9 Å². The van der Waals surface area contributed by atoms with E-state index in [1.807, 2.05) is 0 Å². The predicted octanol–water partition coefficient (Wildman–Crippen LogP) is 2.37. The van der Waals surface area contributed by atoms with Gasteiger partial charge in [-0.2, -0.15) is 0 Å². The lowest BCUT2D eigenvalue weighted by Crippen LogP contribution is -2.54. The quantitative estimate of drug-likeness (QED) is 0.605. The van der Waals surface area contributed by atoms with Gasteiger partial charge in [0.15, 0.2) is 0 Å². The fraction of sp³-hybridized carbons (Fsp3) is 1.00. The Bertz CT molecular complexity index is 123. The van der Waals surface area contributed by atoms with E-state index >= 15 is 0 Å². The van der Waals surface area contributed by atoms with Gasteiger partial charge < -0.3 is 4.90 Å². The smallest absolute Gasteiger partial charge is 0.00474 e. The second kappa shape index (κ2) is 3.14. The predicted molar refractivity (Wildman–Crippen MR) is 49.7 cm³/mol. The third-order valence-corrected chi connectivity index (χ3v) is 2.80. The van der Waals surface area contributed by atoms with Gasteiger partial charge in [0.2, 0.25) is 0 Å². The fourth-order valence-electron chi connectivity index (χ4n) is 2.46. The van der Waals surface area contributed by atoms with Gasteiger partial charge in [-0.3, -0.25) is 0 Å². The molecule has 0 aromatic heterocycles. The lowest BCUT2D eigenvalue weighted by Gasteiger charge is -2.49. The minimum atomic E-state index is 0.683. The van der Waals surface area contributed by atoms with Crippen molar-refractivity contribution >= 4 is 0 Å². The largest absolute Gasteiger partial charge is 0.305 e. The van der Waals surface area contributed by atoms with E-state index in [9.17, 15) is 0 Å². The van der Waals surface area contributed by atoms with E-state index in [-0.39, 0.29) is 0 Å². The van der Waals surface area contributed by atoms with Gasteiger partial charge in [-0.15, -0.1) is 0 Å². The van der Waals surface area contributed by atoms with Crippen molar-refractivity contribution in [3.05, 3.63) is 0 Å². The van der Waals surface area contributed by atoms with Crippen molar-refractivity contribution in [3.8, 4) is 0 Å². The average Bonchev–Trinajstić information content (AvgIpc) is 1.82. The highest BCUT2D eigenvalue weighted by Crippen LogP contribution is 2.38. The van der Waals surface area contributed by atoms with Crippen LogP contribution in [0, 0.1) is 11.3 Å². The van der Waals surface area contributed by atoms with E-state index in [4.69, 9.17) is 0 Å². The second-order valence-electron chi connectivity index (χ2n) is 4.62. The van der Waals surface area contributed by atoms with Crippen molar-refractivity contribution in [1.29, 1.82) is 0 Å². The number of rotatable bonds is 3. The van der Waals surface area contributed by atoms with E-state index in [0.29, 0.717) is 5.41 Å². The zero-order valence-electron chi connectivity index (χ0n) is 8.35. The molecule has 1 nitrogen and oxygen atoms in total. The minimum Gasteiger partial charge on any atom is -0.305 e. The summed E-state index contributed by atoms with van der Waals surface area (Å²) >= 11 is 0. The average molecular weight is 155 g/mol. The number of hydrogen-bond donors (Lipinski definition) is 0. The molecule has 1 saturated heterocycles. The summed E-state index contributed by atoms with van der Waals surface area (Å²) in [5.74, 6) is 0.864. The SMILES string of the molecule is CCC1(CC(C)C)CN(C)C1. The number of likely N-dealkylation sites (tertiary alicyclic amines) is 1. The monoisotopic (exact) mass is 155 g/mol. The van der Waals surface area contributed by atoms with Gasteiger partial charge in [0.1, 0.15) is 0 Å². The van der Waals surface area contributed by atoms with Gasteiger partial charge in [0.25, 0.3) is 0 Å². The third-order valence-electron chi connectivity index (χ3n) is 2.80. The van der Waals surface area contributed by atoms with Crippen LogP contribution in [0.2, 0.25) is 0 Å². The molecule has 0 unspecified atom stereocenters. The molecule has 1 heteroatoms. The van der Waals surface area contributed by atoms with E-state index in [2.05, 4.69) is 32.7 Å². The van der Waals surface area contributed by atoms with Gasteiger partial charge in [-0.1, -0.05) is 20.8 Å². The minimum absolute atomic E-state index is 0.683. The van der Waals surface area contributed by atoms with Crippen LogP contribution in [0.5, 0.6) is 0 Å². The maximum Gasteiger partial charge on any atom is 0.00474 e. The summed E-state index contributed by atoms with van der Waals surface area (Å²) in [5.41, 5.74) is 0.683. The molecule has 1 fully saturated rings. The number of nitrogens with zero attached hydrogens (tertiary/aromatic N) is 1. The Kier molecular flexibility index (Phi) is 2.58. The summed E-state index contributed by atoms with van der Waals surface area (Å²) in [6, 6.07) is 0. The van der Waals surface area contributed by atoms with Crippen molar-refractivity contribution in [2.45, 2.75) is 33.6 Å². The van der Waals surface area contributed by atoms with E-state index < -0.39 is 0 Å². The normalized spacial score (nSPS) is 23.7. The second-order valence-corrected chi connectivity index (χ2v) is 4.62. The lowest BCUT2D eigenvalue weighted by molar-refractivity contribution is 0.000924. The van der Waals surface area contributed by atoms with Crippen LogP contribution >= 0.6 is 0 Å². The summed E-state index contributed by atoms with van der Waals surface area (Å²) in [7, 11) is 2.22. The zero-order chi connectivity index (χ0) is 8.48. The van der Waals surface area contributed by atoms with Crippen LogP contribution in [0.3, 0.4) is 0 Å². The van der Waals surface area contributed by atoms with Crippen molar-refractivity contribution < 1.29 is 0 Å². The van der Waals surface area contributed by atoms with Crippen LogP contribution in [-0.4, -0.2) is 25.0 Å². The van der Waals surface area contributed by atoms with Crippen LogP contribution in [0.25, 0.3) is 0 Å². The zero-order valence-corrected chi connectivity index (χ0v) is 8.35. The Labute approximate surface area is 70.8 Å². The number of hydrogen-bond acceptors (Lipinski definition) is 1. The van der Waals surface area contributed by atoms with Crippen molar-refractivity contribution in [3.63, 3.8) is 0 Å². The van der Waals surface area contributed by atoms with Gasteiger partial charge in [0, 0.05) is 13.1 Å². The Balaban J connectivity index is 2.38. The molecule has 0 spiro atoms. The van der Waals surface area contributed by atoms with Crippen molar-refractivity contribution in [1.82, 2.24) is 4.90 Å². The molecule has 11 heavy (non-hydrogen) atoms. The highest BCUT2D eigenvalue weighted by Gasteiger charge is 2.39. The standard InChI is InChI=1S/C10H21N/c1-5-10(6-9(2)3)7-11(4)8-10/h9H,5-8H2,1-4H3. The summed E-state index contributed by atoms with van der Waals surface area (Å²) in [5, 5.41) is 0. The maximum atomic E-state index is 2.42. The molecule has 0 amide bonds. The van der Waals surface area contributed by atoms with Gasteiger partial charge in [0.05, 0.1) is 0 Å². The van der Waals surface area contributed by atoms with Crippen LogP contribution < -0.4 is 0 Å². The van der Waals surface area contributed by atoms with Crippen LogP contribution in [-0.2, 0) is 0 Å². The van der Waals surface area contributed by atoms with E-state index in [1.54, 1.807) is 0 Å². The summed E-state index contributed by atoms with van der Waals surface area (Å²) in [4.78, 5) is 2.42. The molecule has 1 heterocycles. The highest BCUT2D eigenvalue weighted by molar-refractivity contribution is 4.92. The third kappa shape index (κ3) is 1.96. The van der Waals surface area contributed by atoms with Crippen LogP contribution in [0.15, 0.2) is 0 Å². The molecule has 0 aromatic rings. The highest BCUT2D eigenvalue weighted by atomic mass is 15.2. The molecular formula is C10H21N. The Morgan fingerprint density at radius 2 is 1.91 bits per heavy atom. The molecule has 0 aromatic carbocycles. The molecule has 1 aliphatic rings. The molecule has 0 radical (unpaired) electrons. The van der Waals surface area contributed by atoms with Crippen molar-refractivity contribution in [2.75, 3.05) is 20.1 Å². The molecular weight excluding hydrogens is 134 g/mol. The molecule has 0 aliphatic carbocycles. The topological polar surface area (TPSA) is 3.24 Å². The van der Waals surface area contributed by atoms with Gasteiger partial charge >= 0.3 is 0 Å². The summed E-state index contributed by atoms with van der Waals surface area (Å²) < 4.78 is 0. The Morgan fingerprint density at radius 1 is 1.36 bits per heavy atom. The molecule has 1 rings (SSSR count). The first-order chi connectivity index (χ1) is 5.08. The van der Waals surface area contributed by atoms with Crippen molar-refractivity contribution in [2.24, 2.45) is 11.3 Å². The fourth-order valence-corrected chi connectivity index (χ4v) is 2.46. The molecule has 0 bridgehead atoms. The first-order valence-corrected chi connectivity index (χ1v) is 4.76. The van der Waals surface area contributed by atoms with Gasteiger partial charge in [-0.25, -0.2) is 0 Å². The lowest BCUT2D eigenvalue weighted by atomic mass is 9.72. The summed E-state index contributed by atoms with van der Waals surface area (Å²) in [6.07, 6.45) is 2.77. The Hall–Kier alpha value is -0.0400. The molecule has 1 aliphatic heterocycles. The maximum absolute atomic E-state index is 2.42. The molecule has 0 saturated carbocycles. The van der Waals surface area contributed by atoms with Gasteiger partial charge in [-0.05, 0) is 31.2 Å². The van der Waals surface area contributed by atoms with Crippen LogP contribution in [0.1, 0.15) is 33.6 Å². The molecule has 0 atom stereocenters. The first kappa shape index (κ1) is 9.05. The van der Waals surface area contributed by atoms with E-state index in [0.717, 1.165) is 5.92 Å². The summed E-state index contributed by atoms with van der Waals surface area (Å²) in [6.45, 7) is 9.63. The molecule has 0 N–H and O–H groups in total. The van der Waals surface area contributed by atoms with Crippen LogP contribution in [0.4, 0.5) is 0 Å². The first-order valence-electron chi connectivity index (χ1n) is 4.76.